The molecule has 2 rings (SSSR count). The van der Waals surface area contributed by atoms with Crippen molar-refractivity contribution < 1.29 is 9.85 Å². The fraction of sp³-hybridized carbons (Fsp3) is 0. The first-order valence-electron chi connectivity index (χ1n) is 7.02. The quantitative estimate of drug-likeness (QED) is 0.328. The molecule has 0 saturated heterocycles. The third-order valence-electron chi connectivity index (χ3n) is 3.00. The van der Waals surface area contributed by atoms with E-state index in [1.807, 2.05) is 0 Å². The minimum absolute atomic E-state index is 0.416. The molecule has 0 heterocycles. The first-order chi connectivity index (χ1) is 12.0. The highest BCUT2D eigenvalue weighted by atomic mass is 35.5. The predicted molar refractivity (Wildman–Crippen MR) is 96.1 cm³/mol. The second kappa shape index (κ2) is 8.51. The van der Waals surface area contributed by atoms with Gasteiger partial charge in [0.05, 0.1) is 21.6 Å². The fourth-order valence-corrected chi connectivity index (χ4v) is 1.95. The Morgan fingerprint density at radius 2 is 1.52 bits per heavy atom. The third-order valence-corrected chi connectivity index (χ3v) is 3.26. The second-order valence-electron chi connectivity index (χ2n) is 4.80. The van der Waals surface area contributed by atoms with Crippen molar-refractivity contribution in [1.82, 2.24) is 0 Å². The summed E-state index contributed by atoms with van der Waals surface area (Å²) in [6.45, 7) is 0. The average molecular weight is 358 g/mol. The molecular weight excluding hydrogens is 346 g/mol. The van der Waals surface area contributed by atoms with Gasteiger partial charge in [-0.1, -0.05) is 41.9 Å². The van der Waals surface area contributed by atoms with E-state index in [4.69, 9.17) is 11.6 Å². The van der Waals surface area contributed by atoms with Crippen molar-refractivity contribution in [2.24, 2.45) is 4.99 Å². The predicted octanol–water partition coefficient (Wildman–Crippen LogP) is 4.52. The summed E-state index contributed by atoms with van der Waals surface area (Å²) in [4.78, 5) is 24.9. The Labute approximate surface area is 147 Å². The number of aliphatic imine (C=N–C) groups is 1. The maximum absolute atomic E-state index is 11.2. The highest BCUT2D eigenvalue weighted by Gasteiger charge is 2.16. The molecule has 2 aromatic rings. The Balaban J connectivity index is 2.35. The lowest BCUT2D eigenvalue weighted by molar-refractivity contribution is -0.427. The van der Waals surface area contributed by atoms with Crippen LogP contribution < -0.4 is 0 Å². The van der Waals surface area contributed by atoms with Gasteiger partial charge in [-0.2, -0.15) is 0 Å². The topological polar surface area (TPSA) is 98.6 Å². The average Bonchev–Trinajstić information content (AvgIpc) is 2.59. The number of hydrogen-bond donors (Lipinski definition) is 0. The Bertz CT molecular complexity index is 859. The summed E-state index contributed by atoms with van der Waals surface area (Å²) in [6.07, 6.45) is 3.08. The molecule has 25 heavy (non-hydrogen) atoms. The van der Waals surface area contributed by atoms with Crippen LogP contribution in [0.25, 0.3) is 6.08 Å². The monoisotopic (exact) mass is 357 g/mol. The van der Waals surface area contributed by atoms with Crippen LogP contribution in [0, 0.1) is 20.2 Å². The molecule has 8 heteroatoms. The van der Waals surface area contributed by atoms with Crippen LogP contribution in [0.5, 0.6) is 0 Å². The standard InChI is InChI=1S/C17H12ClN3O4/c18-14-6-8-15(9-7-14)19-12-17(21(24)25)11-16(20(22)23)10-13-4-2-1-3-5-13/h1-12H/b16-10-,17-11-,19-12?. The first-order valence-corrected chi connectivity index (χ1v) is 7.40. The van der Waals surface area contributed by atoms with Crippen molar-refractivity contribution in [1.29, 1.82) is 0 Å². The van der Waals surface area contributed by atoms with Crippen molar-refractivity contribution >= 4 is 29.6 Å². The summed E-state index contributed by atoms with van der Waals surface area (Å²) < 4.78 is 0. The van der Waals surface area contributed by atoms with Gasteiger partial charge in [-0.15, -0.1) is 0 Å². The van der Waals surface area contributed by atoms with Crippen molar-refractivity contribution in [3.8, 4) is 0 Å². The van der Waals surface area contributed by atoms with Crippen LogP contribution >= 0.6 is 11.6 Å². The van der Waals surface area contributed by atoms with Crippen molar-refractivity contribution in [3.63, 3.8) is 0 Å². The van der Waals surface area contributed by atoms with Gasteiger partial charge in [0.15, 0.2) is 0 Å². The zero-order chi connectivity index (χ0) is 18.2. The Morgan fingerprint density at radius 3 is 2.08 bits per heavy atom. The maximum Gasteiger partial charge on any atom is 0.294 e. The molecular formula is C17H12ClN3O4. The Morgan fingerprint density at radius 1 is 0.920 bits per heavy atom. The van der Waals surface area contributed by atoms with Gasteiger partial charge < -0.3 is 0 Å². The smallest absolute Gasteiger partial charge is 0.258 e. The molecule has 0 spiro atoms. The Hall–Kier alpha value is -3.32. The molecule has 0 atom stereocenters. The van der Waals surface area contributed by atoms with Gasteiger partial charge in [0.1, 0.15) is 6.21 Å². The minimum Gasteiger partial charge on any atom is -0.258 e. The van der Waals surface area contributed by atoms with Crippen molar-refractivity contribution in [2.75, 3.05) is 0 Å². The summed E-state index contributed by atoms with van der Waals surface area (Å²) in [5, 5.41) is 22.9. The molecule has 2 aromatic carbocycles. The maximum atomic E-state index is 11.2. The van der Waals surface area contributed by atoms with E-state index < -0.39 is 21.2 Å². The van der Waals surface area contributed by atoms with Gasteiger partial charge in [-0.3, -0.25) is 20.2 Å². The van der Waals surface area contributed by atoms with Crippen molar-refractivity contribution in [2.45, 2.75) is 0 Å². The molecule has 0 aliphatic carbocycles. The molecule has 0 saturated carbocycles. The summed E-state index contributed by atoms with van der Waals surface area (Å²) in [6, 6.07) is 14.8. The molecule has 0 aliphatic rings. The molecule has 0 N–H and O–H groups in total. The lowest BCUT2D eigenvalue weighted by atomic mass is 10.2. The second-order valence-corrected chi connectivity index (χ2v) is 5.23. The number of nitrogens with zero attached hydrogens (tertiary/aromatic N) is 3. The van der Waals surface area contributed by atoms with E-state index in [2.05, 4.69) is 4.99 Å². The third kappa shape index (κ3) is 5.67. The van der Waals surface area contributed by atoms with E-state index in [0.29, 0.717) is 16.3 Å². The van der Waals surface area contributed by atoms with Gasteiger partial charge in [0.25, 0.3) is 11.4 Å². The summed E-state index contributed by atoms with van der Waals surface area (Å²) in [5.74, 6) is 0. The SMILES string of the molecule is O=[N+]([O-])/C(C=Nc1ccc(Cl)cc1)=C\C(=C\c1ccccc1)[N+](=O)[O-]. The highest BCUT2D eigenvalue weighted by molar-refractivity contribution is 6.30. The van der Waals surface area contributed by atoms with Crippen LogP contribution in [0.4, 0.5) is 5.69 Å². The molecule has 0 unspecified atom stereocenters. The van der Waals surface area contributed by atoms with E-state index >= 15 is 0 Å². The summed E-state index contributed by atoms with van der Waals surface area (Å²) in [5.41, 5.74) is 0.0731. The first kappa shape index (κ1) is 18.0. The van der Waals surface area contributed by atoms with E-state index in [9.17, 15) is 20.2 Å². The van der Waals surface area contributed by atoms with E-state index in [0.717, 1.165) is 12.3 Å². The van der Waals surface area contributed by atoms with Gasteiger partial charge in [-0.25, -0.2) is 4.99 Å². The number of rotatable bonds is 6. The lowest BCUT2D eigenvalue weighted by Crippen LogP contribution is -2.04. The molecule has 0 bridgehead atoms. The van der Waals surface area contributed by atoms with Crippen LogP contribution in [-0.4, -0.2) is 16.1 Å². The fourth-order valence-electron chi connectivity index (χ4n) is 1.82. The number of benzene rings is 2. The number of allylic oxidation sites excluding steroid dienone is 2. The normalized spacial score (nSPS) is 12.4. The molecule has 0 fully saturated rings. The molecule has 7 nitrogen and oxygen atoms in total. The largest absolute Gasteiger partial charge is 0.294 e. The van der Waals surface area contributed by atoms with E-state index in [1.54, 1.807) is 54.6 Å². The van der Waals surface area contributed by atoms with Crippen LogP contribution in [0.3, 0.4) is 0 Å². The van der Waals surface area contributed by atoms with E-state index in [-0.39, 0.29) is 0 Å². The summed E-state index contributed by atoms with van der Waals surface area (Å²) in [7, 11) is 0. The molecule has 126 valence electrons. The molecule has 0 radical (unpaired) electrons. The van der Waals surface area contributed by atoms with Gasteiger partial charge in [-0.05, 0) is 29.8 Å². The molecule has 0 aromatic heterocycles. The number of halogens is 1. The van der Waals surface area contributed by atoms with E-state index in [1.165, 1.54) is 6.08 Å². The van der Waals surface area contributed by atoms with Gasteiger partial charge >= 0.3 is 0 Å². The molecule has 0 amide bonds. The minimum atomic E-state index is -0.734. The van der Waals surface area contributed by atoms with Gasteiger partial charge in [0.2, 0.25) is 0 Å². The molecule has 0 aliphatic heterocycles. The summed E-state index contributed by atoms with van der Waals surface area (Å²) >= 11 is 5.75. The Kier molecular flexibility index (Phi) is 6.14. The van der Waals surface area contributed by atoms with Gasteiger partial charge in [0, 0.05) is 11.1 Å². The zero-order valence-electron chi connectivity index (χ0n) is 12.8. The number of nitro groups is 2. The lowest BCUT2D eigenvalue weighted by Gasteiger charge is -1.96. The van der Waals surface area contributed by atoms with Crippen LogP contribution in [0.1, 0.15) is 5.56 Å². The van der Waals surface area contributed by atoms with Crippen LogP contribution in [0.15, 0.2) is 77.1 Å². The van der Waals surface area contributed by atoms with Crippen molar-refractivity contribution in [3.05, 3.63) is 103 Å². The number of hydrogen-bond acceptors (Lipinski definition) is 5. The van der Waals surface area contributed by atoms with Crippen LogP contribution in [-0.2, 0) is 0 Å². The zero-order valence-corrected chi connectivity index (χ0v) is 13.5. The highest BCUT2D eigenvalue weighted by Crippen LogP contribution is 2.17. The van der Waals surface area contributed by atoms with Crippen LogP contribution in [0.2, 0.25) is 5.02 Å².